The van der Waals surface area contributed by atoms with Gasteiger partial charge in [-0.3, -0.25) is 0 Å². The van der Waals surface area contributed by atoms with Crippen molar-refractivity contribution in [1.82, 2.24) is 0 Å². The van der Waals surface area contributed by atoms with Gasteiger partial charge in [0.1, 0.15) is 5.82 Å². The summed E-state index contributed by atoms with van der Waals surface area (Å²) in [5.41, 5.74) is 1.20. The van der Waals surface area contributed by atoms with Gasteiger partial charge >= 0.3 is 6.18 Å². The second kappa shape index (κ2) is 6.16. The minimum absolute atomic E-state index is 0.0579. The molecule has 1 N–H and O–H groups in total. The average Bonchev–Trinajstić information content (AvgIpc) is 2.45. The Balaban J connectivity index is 2.06. The van der Waals surface area contributed by atoms with Gasteiger partial charge in [0, 0.05) is 6.54 Å². The Bertz CT molecular complexity index is 603. The van der Waals surface area contributed by atoms with Crippen molar-refractivity contribution in [3.63, 3.8) is 0 Å². The molecule has 0 aliphatic heterocycles. The fourth-order valence-corrected chi connectivity index (χ4v) is 1.92. The maximum atomic E-state index is 13.6. The summed E-state index contributed by atoms with van der Waals surface area (Å²) in [7, 11) is 0. The molecule has 112 valence electrons. The van der Waals surface area contributed by atoms with E-state index in [1.165, 1.54) is 5.56 Å². The Labute approximate surface area is 120 Å². The molecule has 0 fully saturated rings. The van der Waals surface area contributed by atoms with Crippen LogP contribution in [-0.2, 0) is 19.1 Å². The van der Waals surface area contributed by atoms with Crippen molar-refractivity contribution in [2.45, 2.75) is 26.1 Å². The molecule has 0 unspecified atom stereocenters. The van der Waals surface area contributed by atoms with Gasteiger partial charge in [-0.05, 0) is 35.7 Å². The third-order valence-corrected chi connectivity index (χ3v) is 3.21. The van der Waals surface area contributed by atoms with Crippen molar-refractivity contribution in [2.75, 3.05) is 5.32 Å². The Morgan fingerprint density at radius 1 is 0.952 bits per heavy atom. The molecule has 0 aliphatic carbocycles. The fraction of sp³-hybridized carbons (Fsp3) is 0.250. The topological polar surface area (TPSA) is 12.0 Å². The first-order valence-corrected chi connectivity index (χ1v) is 6.58. The molecule has 0 saturated carbocycles. The molecule has 21 heavy (non-hydrogen) atoms. The second-order valence-electron chi connectivity index (χ2n) is 4.72. The quantitative estimate of drug-likeness (QED) is 0.781. The molecule has 0 saturated heterocycles. The van der Waals surface area contributed by atoms with Crippen LogP contribution >= 0.6 is 0 Å². The summed E-state index contributed by atoms with van der Waals surface area (Å²) in [4.78, 5) is 0. The number of nitrogens with one attached hydrogen (secondary N) is 1. The van der Waals surface area contributed by atoms with Gasteiger partial charge in [0.25, 0.3) is 0 Å². The number of aryl methyl sites for hydroxylation is 1. The highest BCUT2D eigenvalue weighted by atomic mass is 19.4. The maximum absolute atomic E-state index is 13.6. The highest BCUT2D eigenvalue weighted by Crippen LogP contribution is 2.31. The van der Waals surface area contributed by atoms with Gasteiger partial charge in [-0.1, -0.05) is 31.2 Å². The predicted molar refractivity (Wildman–Crippen MR) is 74.5 cm³/mol. The van der Waals surface area contributed by atoms with E-state index < -0.39 is 17.6 Å². The van der Waals surface area contributed by atoms with E-state index in [-0.39, 0.29) is 5.69 Å². The lowest BCUT2D eigenvalue weighted by Gasteiger charge is -2.11. The molecule has 2 aromatic rings. The van der Waals surface area contributed by atoms with E-state index in [4.69, 9.17) is 0 Å². The summed E-state index contributed by atoms with van der Waals surface area (Å²) in [6.07, 6.45) is -3.60. The van der Waals surface area contributed by atoms with Crippen molar-refractivity contribution in [3.05, 3.63) is 65.0 Å². The van der Waals surface area contributed by atoms with Crippen LogP contribution in [0.15, 0.2) is 42.5 Å². The SMILES string of the molecule is CCc1ccc(CNc2ccc(C(F)(F)F)cc2F)cc1. The van der Waals surface area contributed by atoms with Crippen molar-refractivity contribution in [1.29, 1.82) is 0 Å². The zero-order valence-electron chi connectivity index (χ0n) is 11.5. The minimum atomic E-state index is -4.53. The van der Waals surface area contributed by atoms with Crippen LogP contribution < -0.4 is 5.32 Å². The molecule has 2 rings (SSSR count). The van der Waals surface area contributed by atoms with Crippen LogP contribution in [0.25, 0.3) is 0 Å². The number of anilines is 1. The first-order chi connectivity index (χ1) is 9.90. The van der Waals surface area contributed by atoms with Gasteiger partial charge in [-0.25, -0.2) is 4.39 Å². The highest BCUT2D eigenvalue weighted by molar-refractivity contribution is 5.47. The molecule has 2 aromatic carbocycles. The number of halogens is 4. The zero-order chi connectivity index (χ0) is 15.5. The molecule has 0 radical (unpaired) electrons. The Hall–Kier alpha value is -2.04. The number of rotatable bonds is 4. The Kier molecular flexibility index (Phi) is 4.50. The number of alkyl halides is 3. The summed E-state index contributed by atoms with van der Waals surface area (Å²) >= 11 is 0. The van der Waals surface area contributed by atoms with Crippen LogP contribution in [0.1, 0.15) is 23.6 Å². The molecule has 1 nitrogen and oxygen atoms in total. The van der Waals surface area contributed by atoms with Crippen molar-refractivity contribution < 1.29 is 17.6 Å². The summed E-state index contributed by atoms with van der Waals surface area (Å²) < 4.78 is 50.9. The van der Waals surface area contributed by atoms with E-state index in [1.807, 2.05) is 31.2 Å². The van der Waals surface area contributed by atoms with E-state index in [9.17, 15) is 17.6 Å². The van der Waals surface area contributed by atoms with Gasteiger partial charge < -0.3 is 5.32 Å². The molecule has 0 aromatic heterocycles. The summed E-state index contributed by atoms with van der Waals surface area (Å²) in [6.45, 7) is 2.40. The minimum Gasteiger partial charge on any atom is -0.379 e. The first kappa shape index (κ1) is 15.4. The van der Waals surface area contributed by atoms with Crippen LogP contribution in [-0.4, -0.2) is 0 Å². The monoisotopic (exact) mass is 297 g/mol. The van der Waals surface area contributed by atoms with Gasteiger partial charge in [-0.15, -0.1) is 0 Å². The van der Waals surface area contributed by atoms with E-state index in [2.05, 4.69) is 5.32 Å². The summed E-state index contributed by atoms with van der Waals surface area (Å²) in [6, 6.07) is 10.2. The number of hydrogen-bond donors (Lipinski definition) is 1. The van der Waals surface area contributed by atoms with Gasteiger partial charge in [0.05, 0.1) is 11.3 Å². The van der Waals surface area contributed by atoms with Crippen molar-refractivity contribution in [2.24, 2.45) is 0 Å². The average molecular weight is 297 g/mol. The van der Waals surface area contributed by atoms with E-state index in [0.29, 0.717) is 12.6 Å². The van der Waals surface area contributed by atoms with Crippen LogP contribution in [0.5, 0.6) is 0 Å². The standard InChI is InChI=1S/C16H15F4N/c1-2-11-3-5-12(6-4-11)10-21-15-8-7-13(9-14(15)17)16(18,19)20/h3-9,21H,2,10H2,1H3. The van der Waals surface area contributed by atoms with Crippen LogP contribution in [0.3, 0.4) is 0 Å². The molecule has 0 heterocycles. The van der Waals surface area contributed by atoms with E-state index >= 15 is 0 Å². The highest BCUT2D eigenvalue weighted by Gasteiger charge is 2.31. The number of hydrogen-bond acceptors (Lipinski definition) is 1. The molecule has 0 atom stereocenters. The zero-order valence-corrected chi connectivity index (χ0v) is 11.5. The molecule has 0 amide bonds. The van der Waals surface area contributed by atoms with E-state index in [0.717, 1.165) is 24.1 Å². The Morgan fingerprint density at radius 3 is 2.10 bits per heavy atom. The molecular formula is C16H15F4N. The summed E-state index contributed by atoms with van der Waals surface area (Å²) in [5.74, 6) is -0.907. The van der Waals surface area contributed by atoms with Crippen molar-refractivity contribution >= 4 is 5.69 Å². The molecule has 0 bridgehead atoms. The van der Waals surface area contributed by atoms with Crippen LogP contribution in [0.4, 0.5) is 23.2 Å². The Morgan fingerprint density at radius 2 is 1.57 bits per heavy atom. The smallest absolute Gasteiger partial charge is 0.379 e. The first-order valence-electron chi connectivity index (χ1n) is 6.58. The number of benzene rings is 2. The van der Waals surface area contributed by atoms with Gasteiger partial charge in [0.15, 0.2) is 0 Å². The molecule has 0 spiro atoms. The normalized spacial score (nSPS) is 11.5. The van der Waals surface area contributed by atoms with Gasteiger partial charge in [0.2, 0.25) is 0 Å². The summed E-state index contributed by atoms with van der Waals surface area (Å²) in [5, 5.41) is 2.80. The van der Waals surface area contributed by atoms with Crippen molar-refractivity contribution in [3.8, 4) is 0 Å². The maximum Gasteiger partial charge on any atom is 0.416 e. The lowest BCUT2D eigenvalue weighted by molar-refractivity contribution is -0.137. The second-order valence-corrected chi connectivity index (χ2v) is 4.72. The lowest BCUT2D eigenvalue weighted by Crippen LogP contribution is -2.07. The molecule has 0 aliphatic rings. The fourth-order valence-electron chi connectivity index (χ4n) is 1.92. The largest absolute Gasteiger partial charge is 0.416 e. The molecular weight excluding hydrogens is 282 g/mol. The predicted octanol–water partition coefficient (Wildman–Crippen LogP) is 5.02. The van der Waals surface area contributed by atoms with E-state index in [1.54, 1.807) is 0 Å². The lowest BCUT2D eigenvalue weighted by atomic mass is 10.1. The van der Waals surface area contributed by atoms with Crippen LogP contribution in [0, 0.1) is 5.82 Å². The third-order valence-electron chi connectivity index (χ3n) is 3.21. The third kappa shape index (κ3) is 3.97. The molecule has 5 heteroatoms. The van der Waals surface area contributed by atoms with Crippen LogP contribution in [0.2, 0.25) is 0 Å². The van der Waals surface area contributed by atoms with Gasteiger partial charge in [-0.2, -0.15) is 13.2 Å².